The fourth-order valence-corrected chi connectivity index (χ4v) is 3.46. The number of nitrogens with one attached hydrogen (secondary N) is 2. The molecule has 1 atom stereocenters. The van der Waals surface area contributed by atoms with Gasteiger partial charge in [0.15, 0.2) is 5.96 Å². The molecule has 1 heterocycles. The van der Waals surface area contributed by atoms with E-state index in [0.29, 0.717) is 6.54 Å². The maximum Gasteiger partial charge on any atom is 0.192 e. The van der Waals surface area contributed by atoms with E-state index in [1.165, 1.54) is 11.3 Å². The van der Waals surface area contributed by atoms with E-state index in [2.05, 4.69) is 43.4 Å². The standard InChI is InChI=1S/C20H30ClN5.HI/c1-6-18-16(19(7-2)26(5)25-18)13-23-20(22-8-3)24-14(4)15-11-9-10-12-17(15)21;/h9-12,14H,6-8,13H2,1-5H3,(H2,22,23,24);1H. The van der Waals surface area contributed by atoms with Gasteiger partial charge in [0.25, 0.3) is 0 Å². The summed E-state index contributed by atoms with van der Waals surface area (Å²) in [5, 5.41) is 12.2. The minimum absolute atomic E-state index is 0. The molecule has 2 aromatic rings. The number of benzene rings is 1. The lowest BCUT2D eigenvalue weighted by Gasteiger charge is -2.19. The van der Waals surface area contributed by atoms with Crippen LogP contribution in [0.4, 0.5) is 0 Å². The summed E-state index contributed by atoms with van der Waals surface area (Å²) in [5.74, 6) is 0.785. The van der Waals surface area contributed by atoms with Crippen LogP contribution in [0.5, 0.6) is 0 Å². The van der Waals surface area contributed by atoms with E-state index >= 15 is 0 Å². The molecule has 7 heteroatoms. The number of hydrogen-bond acceptors (Lipinski definition) is 2. The van der Waals surface area contributed by atoms with Crippen LogP contribution in [0.25, 0.3) is 0 Å². The fraction of sp³-hybridized carbons (Fsp3) is 0.500. The summed E-state index contributed by atoms with van der Waals surface area (Å²) in [6, 6.07) is 7.95. The van der Waals surface area contributed by atoms with Crippen molar-refractivity contribution in [2.24, 2.45) is 12.0 Å². The number of aromatic nitrogens is 2. The summed E-state index contributed by atoms with van der Waals surface area (Å²) in [6.45, 7) is 9.87. The second-order valence-electron chi connectivity index (χ2n) is 6.29. The number of nitrogens with zero attached hydrogens (tertiary/aromatic N) is 3. The average Bonchev–Trinajstić information content (AvgIpc) is 2.94. The van der Waals surface area contributed by atoms with Gasteiger partial charge in [-0.3, -0.25) is 4.68 Å². The molecule has 0 saturated heterocycles. The third-order valence-corrected chi connectivity index (χ3v) is 4.84. The monoisotopic (exact) mass is 503 g/mol. The normalized spacial score (nSPS) is 12.4. The first kappa shape index (κ1) is 23.8. The second-order valence-corrected chi connectivity index (χ2v) is 6.69. The molecule has 2 N–H and O–H groups in total. The van der Waals surface area contributed by atoms with Crippen molar-refractivity contribution in [2.75, 3.05) is 6.54 Å². The van der Waals surface area contributed by atoms with E-state index in [1.54, 1.807) is 0 Å². The van der Waals surface area contributed by atoms with Crippen LogP contribution in [-0.2, 0) is 26.4 Å². The predicted octanol–water partition coefficient (Wildman–Crippen LogP) is 4.63. The van der Waals surface area contributed by atoms with Crippen molar-refractivity contribution in [1.29, 1.82) is 0 Å². The quantitative estimate of drug-likeness (QED) is 0.329. The smallest absolute Gasteiger partial charge is 0.192 e. The molecule has 0 fully saturated rings. The fourth-order valence-electron chi connectivity index (χ4n) is 3.16. The summed E-state index contributed by atoms with van der Waals surface area (Å²) in [4.78, 5) is 4.81. The minimum Gasteiger partial charge on any atom is -0.357 e. The first-order chi connectivity index (χ1) is 12.5. The van der Waals surface area contributed by atoms with Crippen molar-refractivity contribution in [1.82, 2.24) is 20.4 Å². The van der Waals surface area contributed by atoms with Gasteiger partial charge in [-0.2, -0.15) is 5.10 Å². The molecule has 0 aliphatic rings. The SMILES string of the molecule is CCNC(=NCc1c(CC)nn(C)c1CC)NC(C)c1ccccc1Cl.I. The van der Waals surface area contributed by atoms with Crippen molar-refractivity contribution in [3.63, 3.8) is 0 Å². The zero-order valence-corrected chi connectivity index (χ0v) is 19.9. The van der Waals surface area contributed by atoms with E-state index in [9.17, 15) is 0 Å². The van der Waals surface area contributed by atoms with Crippen LogP contribution in [0, 0.1) is 0 Å². The maximum atomic E-state index is 6.32. The Kier molecular flexibility index (Phi) is 10.2. The number of aryl methyl sites for hydroxylation is 2. The van der Waals surface area contributed by atoms with Crippen LogP contribution in [0.3, 0.4) is 0 Å². The van der Waals surface area contributed by atoms with E-state index in [0.717, 1.165) is 41.6 Å². The van der Waals surface area contributed by atoms with Crippen molar-refractivity contribution in [3.8, 4) is 0 Å². The Morgan fingerprint density at radius 2 is 1.93 bits per heavy atom. The van der Waals surface area contributed by atoms with Gasteiger partial charge in [-0.25, -0.2) is 4.99 Å². The van der Waals surface area contributed by atoms with Gasteiger partial charge >= 0.3 is 0 Å². The molecule has 27 heavy (non-hydrogen) atoms. The highest BCUT2D eigenvalue weighted by molar-refractivity contribution is 14.0. The number of guanidine groups is 1. The number of halogens is 2. The first-order valence-electron chi connectivity index (χ1n) is 9.34. The van der Waals surface area contributed by atoms with Gasteiger partial charge in [-0.1, -0.05) is 43.6 Å². The summed E-state index contributed by atoms with van der Waals surface area (Å²) in [6.07, 6.45) is 1.87. The number of aliphatic imine (C=N–C) groups is 1. The number of hydrogen-bond donors (Lipinski definition) is 2. The highest BCUT2D eigenvalue weighted by Gasteiger charge is 2.14. The molecule has 1 aromatic heterocycles. The highest BCUT2D eigenvalue weighted by Crippen LogP contribution is 2.22. The van der Waals surface area contributed by atoms with Gasteiger partial charge in [0, 0.05) is 29.9 Å². The molecular formula is C20H31ClIN5. The first-order valence-corrected chi connectivity index (χ1v) is 9.72. The summed E-state index contributed by atoms with van der Waals surface area (Å²) in [5.41, 5.74) is 4.67. The third-order valence-electron chi connectivity index (χ3n) is 4.49. The topological polar surface area (TPSA) is 54.2 Å². The Morgan fingerprint density at radius 1 is 1.22 bits per heavy atom. The molecule has 5 nitrogen and oxygen atoms in total. The largest absolute Gasteiger partial charge is 0.357 e. The Hall–Kier alpha value is -1.28. The Balaban J connectivity index is 0.00000364. The average molecular weight is 504 g/mol. The molecule has 0 spiro atoms. The van der Waals surface area contributed by atoms with Crippen LogP contribution in [0.15, 0.2) is 29.3 Å². The van der Waals surface area contributed by atoms with Crippen LogP contribution in [0.1, 0.15) is 56.3 Å². The lowest BCUT2D eigenvalue weighted by Crippen LogP contribution is -2.38. The van der Waals surface area contributed by atoms with Gasteiger partial charge < -0.3 is 10.6 Å². The zero-order valence-electron chi connectivity index (χ0n) is 16.8. The summed E-state index contributed by atoms with van der Waals surface area (Å²) in [7, 11) is 2.01. The predicted molar refractivity (Wildman–Crippen MR) is 125 cm³/mol. The second kappa shape index (κ2) is 11.5. The van der Waals surface area contributed by atoms with Crippen LogP contribution < -0.4 is 10.6 Å². The third kappa shape index (κ3) is 6.10. The molecule has 150 valence electrons. The molecule has 0 aliphatic heterocycles. The van der Waals surface area contributed by atoms with E-state index in [1.807, 2.05) is 36.0 Å². The Bertz CT molecular complexity index is 757. The van der Waals surface area contributed by atoms with Crippen LogP contribution >= 0.6 is 35.6 Å². The van der Waals surface area contributed by atoms with Crippen molar-refractivity contribution in [2.45, 2.75) is 53.1 Å². The van der Waals surface area contributed by atoms with E-state index in [-0.39, 0.29) is 30.0 Å². The van der Waals surface area contributed by atoms with Crippen molar-refractivity contribution >= 4 is 41.5 Å². The van der Waals surface area contributed by atoms with Gasteiger partial charge in [-0.15, -0.1) is 24.0 Å². The van der Waals surface area contributed by atoms with Crippen molar-refractivity contribution < 1.29 is 0 Å². The molecule has 0 amide bonds. The molecule has 1 aromatic carbocycles. The van der Waals surface area contributed by atoms with Gasteiger partial charge in [0.2, 0.25) is 0 Å². The minimum atomic E-state index is 0. The summed E-state index contributed by atoms with van der Waals surface area (Å²) < 4.78 is 1.98. The maximum absolute atomic E-state index is 6.32. The van der Waals surface area contributed by atoms with E-state index in [4.69, 9.17) is 16.6 Å². The molecule has 0 bridgehead atoms. The molecule has 0 aliphatic carbocycles. The van der Waals surface area contributed by atoms with Crippen molar-refractivity contribution in [3.05, 3.63) is 51.8 Å². The Labute approximate surface area is 185 Å². The van der Waals surface area contributed by atoms with Crippen LogP contribution in [0.2, 0.25) is 5.02 Å². The lowest BCUT2D eigenvalue weighted by atomic mass is 10.1. The molecule has 1 unspecified atom stereocenters. The molecular weight excluding hydrogens is 473 g/mol. The summed E-state index contributed by atoms with van der Waals surface area (Å²) >= 11 is 6.32. The highest BCUT2D eigenvalue weighted by atomic mass is 127. The molecule has 2 rings (SSSR count). The van der Waals surface area contributed by atoms with Crippen LogP contribution in [-0.4, -0.2) is 22.3 Å². The van der Waals surface area contributed by atoms with Gasteiger partial charge in [-0.05, 0) is 38.3 Å². The molecule has 0 saturated carbocycles. The van der Waals surface area contributed by atoms with Gasteiger partial charge in [0.1, 0.15) is 0 Å². The zero-order chi connectivity index (χ0) is 19.1. The lowest BCUT2D eigenvalue weighted by molar-refractivity contribution is 0.685. The number of rotatable bonds is 7. The van der Waals surface area contributed by atoms with Gasteiger partial charge in [0.05, 0.1) is 18.3 Å². The Morgan fingerprint density at radius 3 is 2.52 bits per heavy atom. The molecule has 0 radical (unpaired) electrons. The van der Waals surface area contributed by atoms with E-state index < -0.39 is 0 Å².